The summed E-state index contributed by atoms with van der Waals surface area (Å²) in [4.78, 5) is 0. The SMILES string of the molecule is NC1CCCCO1.NCC(F)(F)F. The summed E-state index contributed by atoms with van der Waals surface area (Å²) in [5.74, 6) is 0. The zero-order chi connectivity index (χ0) is 10.3. The van der Waals surface area contributed by atoms with Crippen LogP contribution in [-0.4, -0.2) is 25.6 Å². The highest BCUT2D eigenvalue weighted by atomic mass is 19.4. The van der Waals surface area contributed by atoms with E-state index in [1.54, 1.807) is 0 Å². The highest BCUT2D eigenvalue weighted by Crippen LogP contribution is 2.10. The summed E-state index contributed by atoms with van der Waals surface area (Å²) < 4.78 is 37.0. The van der Waals surface area contributed by atoms with Gasteiger partial charge in [0.15, 0.2) is 0 Å². The van der Waals surface area contributed by atoms with Crippen molar-refractivity contribution in [2.24, 2.45) is 11.5 Å². The van der Waals surface area contributed by atoms with Crippen LogP contribution in [0.15, 0.2) is 0 Å². The maximum Gasteiger partial charge on any atom is 0.400 e. The summed E-state index contributed by atoms with van der Waals surface area (Å²) in [6, 6.07) is 0. The van der Waals surface area contributed by atoms with Crippen LogP contribution in [-0.2, 0) is 4.74 Å². The van der Waals surface area contributed by atoms with E-state index in [2.05, 4.69) is 5.73 Å². The average molecular weight is 200 g/mol. The smallest absolute Gasteiger partial charge is 0.364 e. The van der Waals surface area contributed by atoms with Gasteiger partial charge in [-0.05, 0) is 19.3 Å². The molecule has 3 nitrogen and oxygen atoms in total. The molecule has 0 saturated carbocycles. The van der Waals surface area contributed by atoms with Crippen molar-refractivity contribution in [2.45, 2.75) is 31.7 Å². The van der Waals surface area contributed by atoms with Gasteiger partial charge in [0.2, 0.25) is 0 Å². The fourth-order valence-corrected chi connectivity index (χ4v) is 0.766. The molecule has 13 heavy (non-hydrogen) atoms. The molecule has 0 bridgehead atoms. The number of hydrogen-bond acceptors (Lipinski definition) is 3. The van der Waals surface area contributed by atoms with Gasteiger partial charge < -0.3 is 16.2 Å². The Balaban J connectivity index is 0.000000226. The van der Waals surface area contributed by atoms with Gasteiger partial charge in [-0.2, -0.15) is 13.2 Å². The van der Waals surface area contributed by atoms with E-state index in [1.807, 2.05) is 0 Å². The van der Waals surface area contributed by atoms with Crippen molar-refractivity contribution in [1.29, 1.82) is 0 Å². The summed E-state index contributed by atoms with van der Waals surface area (Å²) in [5.41, 5.74) is 9.59. The number of alkyl halides is 3. The number of halogens is 3. The molecule has 1 rings (SSSR count). The minimum absolute atomic E-state index is 0.0359. The highest BCUT2D eigenvalue weighted by Gasteiger charge is 2.23. The Labute approximate surface area is 75.2 Å². The lowest BCUT2D eigenvalue weighted by Crippen LogP contribution is -2.27. The molecular formula is C7H15F3N2O. The first-order valence-electron chi connectivity index (χ1n) is 4.09. The molecule has 1 fully saturated rings. The summed E-state index contributed by atoms with van der Waals surface area (Å²) in [7, 11) is 0. The van der Waals surface area contributed by atoms with E-state index < -0.39 is 12.7 Å². The molecular weight excluding hydrogens is 185 g/mol. The molecule has 0 aromatic heterocycles. The van der Waals surface area contributed by atoms with E-state index in [1.165, 1.54) is 12.8 Å². The minimum Gasteiger partial charge on any atom is -0.364 e. The minimum atomic E-state index is -4.18. The maximum atomic E-state index is 10.7. The molecule has 1 unspecified atom stereocenters. The predicted octanol–water partition coefficient (Wildman–Crippen LogP) is 0.979. The number of nitrogens with two attached hydrogens (primary N) is 2. The van der Waals surface area contributed by atoms with Crippen LogP contribution in [0.3, 0.4) is 0 Å². The molecule has 1 aliphatic rings. The summed E-state index contributed by atoms with van der Waals surface area (Å²) in [6.45, 7) is -0.367. The molecule has 0 aliphatic carbocycles. The van der Waals surface area contributed by atoms with Crippen LogP contribution in [0.1, 0.15) is 19.3 Å². The van der Waals surface area contributed by atoms with Gasteiger partial charge in [-0.1, -0.05) is 0 Å². The van der Waals surface area contributed by atoms with Gasteiger partial charge in [0.1, 0.15) is 6.23 Å². The molecule has 0 amide bonds. The van der Waals surface area contributed by atoms with Gasteiger partial charge in [-0.3, -0.25) is 0 Å². The lowest BCUT2D eigenvalue weighted by Gasteiger charge is -2.17. The standard InChI is InChI=1S/C5H11NO.C2H4F3N/c6-5-3-1-2-4-7-5;3-2(4,5)1-6/h5H,1-4,6H2;1,6H2. The molecule has 4 N–H and O–H groups in total. The van der Waals surface area contributed by atoms with E-state index in [0.717, 1.165) is 13.0 Å². The van der Waals surface area contributed by atoms with Crippen molar-refractivity contribution >= 4 is 0 Å². The Bertz CT molecular complexity index is 123. The van der Waals surface area contributed by atoms with Crippen molar-refractivity contribution in [3.05, 3.63) is 0 Å². The van der Waals surface area contributed by atoms with Gasteiger partial charge >= 0.3 is 6.18 Å². The summed E-state index contributed by atoms with van der Waals surface area (Å²) in [5, 5.41) is 0. The third-order valence-electron chi connectivity index (χ3n) is 1.45. The molecule has 0 spiro atoms. The zero-order valence-electron chi connectivity index (χ0n) is 7.31. The summed E-state index contributed by atoms with van der Waals surface area (Å²) >= 11 is 0. The van der Waals surface area contributed by atoms with Gasteiger partial charge in [0.05, 0.1) is 6.54 Å². The third kappa shape index (κ3) is 9.59. The van der Waals surface area contributed by atoms with Crippen LogP contribution < -0.4 is 11.5 Å². The Kier molecular flexibility index (Phi) is 6.02. The van der Waals surface area contributed by atoms with Crippen molar-refractivity contribution in [3.8, 4) is 0 Å². The second-order valence-electron chi connectivity index (χ2n) is 2.72. The Hall–Kier alpha value is -0.330. The number of hydrogen-bond donors (Lipinski definition) is 2. The van der Waals surface area contributed by atoms with Gasteiger partial charge in [0, 0.05) is 6.61 Å². The first-order chi connectivity index (χ1) is 5.95. The summed E-state index contributed by atoms with van der Waals surface area (Å²) in [6.07, 6.45) is -0.678. The Morgan fingerprint density at radius 1 is 1.31 bits per heavy atom. The highest BCUT2D eigenvalue weighted by molar-refractivity contribution is 4.54. The van der Waals surface area contributed by atoms with Crippen molar-refractivity contribution in [2.75, 3.05) is 13.2 Å². The fraction of sp³-hybridized carbons (Fsp3) is 1.00. The van der Waals surface area contributed by atoms with Gasteiger partial charge in [0.25, 0.3) is 0 Å². The van der Waals surface area contributed by atoms with Crippen LogP contribution in [0.4, 0.5) is 13.2 Å². The molecule has 0 aromatic rings. The molecule has 6 heteroatoms. The van der Waals surface area contributed by atoms with Crippen LogP contribution in [0.2, 0.25) is 0 Å². The predicted molar refractivity (Wildman–Crippen MR) is 42.9 cm³/mol. The molecule has 1 heterocycles. The van der Waals surface area contributed by atoms with E-state index in [-0.39, 0.29) is 6.23 Å². The van der Waals surface area contributed by atoms with Crippen LogP contribution in [0.25, 0.3) is 0 Å². The quantitative estimate of drug-likeness (QED) is 0.612. The van der Waals surface area contributed by atoms with Gasteiger partial charge in [-0.25, -0.2) is 0 Å². The molecule has 1 aliphatic heterocycles. The lowest BCUT2D eigenvalue weighted by molar-refractivity contribution is -0.118. The Morgan fingerprint density at radius 3 is 2.00 bits per heavy atom. The second kappa shape index (κ2) is 6.17. The van der Waals surface area contributed by atoms with Crippen molar-refractivity contribution in [1.82, 2.24) is 0 Å². The zero-order valence-corrected chi connectivity index (χ0v) is 7.31. The van der Waals surface area contributed by atoms with Crippen LogP contribution >= 0.6 is 0 Å². The van der Waals surface area contributed by atoms with Crippen molar-refractivity contribution in [3.63, 3.8) is 0 Å². The largest absolute Gasteiger partial charge is 0.400 e. The molecule has 1 atom stereocenters. The molecule has 80 valence electrons. The Morgan fingerprint density at radius 2 is 1.85 bits per heavy atom. The molecule has 0 aromatic carbocycles. The molecule has 1 saturated heterocycles. The number of rotatable bonds is 0. The first-order valence-corrected chi connectivity index (χ1v) is 4.09. The average Bonchev–Trinajstić information content (AvgIpc) is 2.06. The molecule has 0 radical (unpaired) electrons. The van der Waals surface area contributed by atoms with Crippen LogP contribution in [0, 0.1) is 0 Å². The van der Waals surface area contributed by atoms with Gasteiger partial charge in [-0.15, -0.1) is 0 Å². The van der Waals surface area contributed by atoms with Crippen LogP contribution in [0.5, 0.6) is 0 Å². The normalized spacial score (nSPS) is 23.3. The number of ether oxygens (including phenoxy) is 1. The van der Waals surface area contributed by atoms with E-state index in [9.17, 15) is 13.2 Å². The van der Waals surface area contributed by atoms with Crippen molar-refractivity contribution < 1.29 is 17.9 Å². The topological polar surface area (TPSA) is 61.3 Å². The van der Waals surface area contributed by atoms with E-state index >= 15 is 0 Å². The first kappa shape index (κ1) is 12.7. The third-order valence-corrected chi connectivity index (χ3v) is 1.45. The second-order valence-corrected chi connectivity index (χ2v) is 2.72. The van der Waals surface area contributed by atoms with E-state index in [4.69, 9.17) is 10.5 Å². The maximum absolute atomic E-state index is 10.7. The fourth-order valence-electron chi connectivity index (χ4n) is 0.766. The van der Waals surface area contributed by atoms with E-state index in [0.29, 0.717) is 0 Å². The monoisotopic (exact) mass is 200 g/mol. The lowest BCUT2D eigenvalue weighted by atomic mass is 10.2.